The molecule has 1 aliphatic heterocycles. The van der Waals surface area contributed by atoms with Gasteiger partial charge in [-0.25, -0.2) is 0 Å². The van der Waals surface area contributed by atoms with Gasteiger partial charge in [-0.1, -0.05) is 6.07 Å². The van der Waals surface area contributed by atoms with Gasteiger partial charge in [0.2, 0.25) is 0 Å². The van der Waals surface area contributed by atoms with Gasteiger partial charge in [0, 0.05) is 24.1 Å². The van der Waals surface area contributed by atoms with Crippen molar-refractivity contribution in [3.05, 3.63) is 41.5 Å². The summed E-state index contributed by atoms with van der Waals surface area (Å²) in [4.78, 5) is 0. The van der Waals surface area contributed by atoms with Crippen molar-refractivity contribution in [3.63, 3.8) is 0 Å². The Balaban J connectivity index is 1.99. The van der Waals surface area contributed by atoms with E-state index in [0.29, 0.717) is 34.8 Å². The molecule has 2 aromatic carbocycles. The molecule has 0 fully saturated rings. The molecule has 3 N–H and O–H groups in total. The Bertz CT molecular complexity index is 727. The molecule has 1 aliphatic rings. The van der Waals surface area contributed by atoms with Crippen LogP contribution in [0.4, 0.5) is 0 Å². The average Bonchev–Trinajstić information content (AvgIpc) is 2.54. The molecule has 0 bridgehead atoms. The largest absolute Gasteiger partial charge is 0.508 e. The normalized spacial score (nSPS) is 19.6. The highest BCUT2D eigenvalue weighted by molar-refractivity contribution is 5.52. The van der Waals surface area contributed by atoms with E-state index in [1.807, 2.05) is 0 Å². The van der Waals surface area contributed by atoms with Crippen LogP contribution in [0, 0.1) is 0 Å². The van der Waals surface area contributed by atoms with Crippen LogP contribution in [0.5, 0.6) is 28.7 Å². The molecule has 23 heavy (non-hydrogen) atoms. The summed E-state index contributed by atoms with van der Waals surface area (Å²) in [5, 5.41) is 29.9. The molecular weight excluding hydrogens is 300 g/mol. The SMILES string of the molecule is COc1cc([C@H]2Oc3cc(O)cc(OC)c3C[C@@H]2O)ccc1O. The van der Waals surface area contributed by atoms with Crippen molar-refractivity contribution in [2.45, 2.75) is 18.6 Å². The number of aromatic hydroxyl groups is 2. The van der Waals surface area contributed by atoms with Crippen molar-refractivity contribution >= 4 is 0 Å². The van der Waals surface area contributed by atoms with Gasteiger partial charge in [-0.15, -0.1) is 0 Å². The summed E-state index contributed by atoms with van der Waals surface area (Å²) >= 11 is 0. The topological polar surface area (TPSA) is 88.4 Å². The summed E-state index contributed by atoms with van der Waals surface area (Å²) in [7, 11) is 2.95. The minimum atomic E-state index is -0.796. The van der Waals surface area contributed by atoms with E-state index >= 15 is 0 Å². The average molecular weight is 318 g/mol. The number of aliphatic hydroxyl groups is 1. The van der Waals surface area contributed by atoms with Crippen LogP contribution in [-0.4, -0.2) is 35.6 Å². The molecule has 0 saturated carbocycles. The Kier molecular flexibility index (Phi) is 3.92. The molecule has 0 spiro atoms. The van der Waals surface area contributed by atoms with E-state index in [-0.39, 0.29) is 11.5 Å². The molecule has 0 amide bonds. The minimum Gasteiger partial charge on any atom is -0.508 e. The van der Waals surface area contributed by atoms with E-state index < -0.39 is 12.2 Å². The summed E-state index contributed by atoms with van der Waals surface area (Å²) < 4.78 is 16.2. The zero-order chi connectivity index (χ0) is 16.6. The molecule has 6 heteroatoms. The molecule has 0 unspecified atom stereocenters. The highest BCUT2D eigenvalue weighted by atomic mass is 16.5. The Hall–Kier alpha value is -2.60. The first-order chi connectivity index (χ1) is 11.0. The number of phenolic OH excluding ortho intramolecular Hbond substituents is 2. The molecule has 1 heterocycles. The molecule has 0 saturated heterocycles. The Morgan fingerprint density at radius 3 is 2.48 bits per heavy atom. The van der Waals surface area contributed by atoms with Crippen LogP contribution in [-0.2, 0) is 6.42 Å². The van der Waals surface area contributed by atoms with Gasteiger partial charge in [0.15, 0.2) is 11.5 Å². The lowest BCUT2D eigenvalue weighted by Gasteiger charge is -2.32. The van der Waals surface area contributed by atoms with Gasteiger partial charge in [0.25, 0.3) is 0 Å². The lowest BCUT2D eigenvalue weighted by atomic mass is 9.94. The third-order valence-corrected chi connectivity index (χ3v) is 3.92. The van der Waals surface area contributed by atoms with Gasteiger partial charge in [-0.3, -0.25) is 0 Å². The Labute approximate surface area is 133 Å². The van der Waals surface area contributed by atoms with E-state index in [1.54, 1.807) is 12.1 Å². The summed E-state index contributed by atoms with van der Waals surface area (Å²) in [6.45, 7) is 0. The van der Waals surface area contributed by atoms with Crippen LogP contribution in [0.1, 0.15) is 17.2 Å². The maximum Gasteiger partial charge on any atom is 0.160 e. The van der Waals surface area contributed by atoms with E-state index in [4.69, 9.17) is 14.2 Å². The monoisotopic (exact) mass is 318 g/mol. The molecule has 2 aromatic rings. The van der Waals surface area contributed by atoms with Gasteiger partial charge >= 0.3 is 0 Å². The Morgan fingerprint density at radius 1 is 1.04 bits per heavy atom. The summed E-state index contributed by atoms with van der Waals surface area (Å²) in [5.41, 5.74) is 1.37. The first-order valence-corrected chi connectivity index (χ1v) is 7.15. The molecular formula is C17H18O6. The molecule has 0 aromatic heterocycles. The lowest BCUT2D eigenvalue weighted by Crippen LogP contribution is -2.30. The molecule has 6 nitrogen and oxygen atoms in total. The van der Waals surface area contributed by atoms with Crippen molar-refractivity contribution in [1.82, 2.24) is 0 Å². The number of aliphatic hydroxyl groups excluding tert-OH is 1. The molecule has 0 radical (unpaired) electrons. The molecule has 122 valence electrons. The van der Waals surface area contributed by atoms with Crippen LogP contribution in [0.25, 0.3) is 0 Å². The first kappa shape index (κ1) is 15.3. The first-order valence-electron chi connectivity index (χ1n) is 7.15. The van der Waals surface area contributed by atoms with E-state index in [0.717, 1.165) is 0 Å². The highest BCUT2D eigenvalue weighted by Crippen LogP contribution is 2.43. The number of rotatable bonds is 3. The quantitative estimate of drug-likeness (QED) is 0.804. The van der Waals surface area contributed by atoms with E-state index in [2.05, 4.69) is 0 Å². The van der Waals surface area contributed by atoms with Crippen LogP contribution in [0.3, 0.4) is 0 Å². The third kappa shape index (κ3) is 2.73. The van der Waals surface area contributed by atoms with Crippen LogP contribution < -0.4 is 14.2 Å². The molecule has 2 atom stereocenters. The predicted octanol–water partition coefficient (Wildman–Crippen LogP) is 2.15. The predicted molar refractivity (Wildman–Crippen MR) is 82.4 cm³/mol. The van der Waals surface area contributed by atoms with Gasteiger partial charge in [0.05, 0.1) is 20.3 Å². The van der Waals surface area contributed by atoms with Gasteiger partial charge < -0.3 is 29.5 Å². The Morgan fingerprint density at radius 2 is 1.78 bits per heavy atom. The van der Waals surface area contributed by atoms with E-state index in [1.165, 1.54) is 32.4 Å². The minimum absolute atomic E-state index is 0.0151. The summed E-state index contributed by atoms with van der Waals surface area (Å²) in [6, 6.07) is 7.75. The third-order valence-electron chi connectivity index (χ3n) is 3.92. The van der Waals surface area contributed by atoms with Crippen molar-refractivity contribution in [2.75, 3.05) is 14.2 Å². The van der Waals surface area contributed by atoms with Gasteiger partial charge in [-0.2, -0.15) is 0 Å². The van der Waals surface area contributed by atoms with Crippen molar-refractivity contribution in [1.29, 1.82) is 0 Å². The smallest absolute Gasteiger partial charge is 0.160 e. The summed E-state index contributed by atoms with van der Waals surface area (Å²) in [6.07, 6.45) is -1.11. The lowest BCUT2D eigenvalue weighted by molar-refractivity contribution is 0.0196. The standard InChI is InChI=1S/C17H18O6/c1-21-14-6-10(18)7-15-11(14)8-13(20)17(23-15)9-3-4-12(19)16(5-9)22-2/h3-7,13,17-20H,8H2,1-2H3/t13-,17+/m0/s1. The van der Waals surface area contributed by atoms with Gasteiger partial charge in [0.1, 0.15) is 23.4 Å². The van der Waals surface area contributed by atoms with Crippen LogP contribution in [0.15, 0.2) is 30.3 Å². The number of methoxy groups -OCH3 is 2. The number of fused-ring (bicyclic) bond motifs is 1. The number of phenols is 2. The highest BCUT2D eigenvalue weighted by Gasteiger charge is 2.32. The fraction of sp³-hybridized carbons (Fsp3) is 0.294. The number of hydrogen-bond acceptors (Lipinski definition) is 6. The maximum atomic E-state index is 10.4. The molecule has 0 aliphatic carbocycles. The van der Waals surface area contributed by atoms with Crippen molar-refractivity contribution in [2.24, 2.45) is 0 Å². The number of hydrogen-bond donors (Lipinski definition) is 3. The van der Waals surface area contributed by atoms with Crippen LogP contribution >= 0.6 is 0 Å². The second-order valence-electron chi connectivity index (χ2n) is 5.37. The van der Waals surface area contributed by atoms with Gasteiger partial charge in [-0.05, 0) is 17.7 Å². The van der Waals surface area contributed by atoms with Crippen molar-refractivity contribution in [3.8, 4) is 28.7 Å². The zero-order valence-electron chi connectivity index (χ0n) is 12.8. The zero-order valence-corrected chi connectivity index (χ0v) is 12.8. The second kappa shape index (κ2) is 5.89. The second-order valence-corrected chi connectivity index (χ2v) is 5.37. The maximum absolute atomic E-state index is 10.4. The van der Waals surface area contributed by atoms with E-state index in [9.17, 15) is 15.3 Å². The van der Waals surface area contributed by atoms with Crippen LogP contribution in [0.2, 0.25) is 0 Å². The summed E-state index contributed by atoms with van der Waals surface area (Å²) in [5.74, 6) is 1.28. The molecule has 3 rings (SSSR count). The number of ether oxygens (including phenoxy) is 3. The fourth-order valence-electron chi connectivity index (χ4n) is 2.79. The fourth-order valence-corrected chi connectivity index (χ4v) is 2.79. The number of benzene rings is 2. The van der Waals surface area contributed by atoms with Crippen molar-refractivity contribution < 1.29 is 29.5 Å².